The Hall–Kier alpha value is -5.01. The molecule has 0 spiro atoms. The first kappa shape index (κ1) is 28.1. The lowest BCUT2D eigenvalue weighted by molar-refractivity contribution is 0.0400. The summed E-state index contributed by atoms with van der Waals surface area (Å²) in [5.41, 5.74) is 5.11. The first-order valence-electron chi connectivity index (χ1n) is 13.9. The number of nitriles is 1. The number of hydrogen-bond acceptors (Lipinski definition) is 7. The largest absolute Gasteiger partial charge is 0.377 e. The van der Waals surface area contributed by atoms with Gasteiger partial charge in [0, 0.05) is 22.2 Å². The van der Waals surface area contributed by atoms with Gasteiger partial charge in [-0.25, -0.2) is 4.39 Å². The average molecular weight is 595 g/mol. The number of anilines is 2. The molecule has 3 heterocycles. The van der Waals surface area contributed by atoms with Crippen molar-refractivity contribution in [3.8, 4) is 6.07 Å². The summed E-state index contributed by atoms with van der Waals surface area (Å²) in [6.07, 6.45) is 2.96. The fraction of sp³-hybridized carbons (Fsp3) is 0.219. The molecule has 0 radical (unpaired) electrons. The van der Waals surface area contributed by atoms with Crippen molar-refractivity contribution in [2.24, 2.45) is 0 Å². The number of rotatable bonds is 9. The van der Waals surface area contributed by atoms with Crippen LogP contribution >= 0.6 is 11.6 Å². The Balaban J connectivity index is 1.41. The maximum Gasteiger partial charge on any atom is 0.254 e. The van der Waals surface area contributed by atoms with Crippen LogP contribution in [-0.2, 0) is 0 Å². The molecule has 0 aliphatic carbocycles. The molecule has 6 rings (SSSR count). The van der Waals surface area contributed by atoms with Gasteiger partial charge in [-0.15, -0.1) is 0 Å². The molecule has 1 aliphatic rings. The zero-order valence-corrected chi connectivity index (χ0v) is 24.0. The molecule has 5 aromatic rings. The van der Waals surface area contributed by atoms with Crippen molar-refractivity contribution in [1.29, 1.82) is 5.26 Å². The zero-order chi connectivity index (χ0) is 29.9. The molecule has 2 atom stereocenters. The van der Waals surface area contributed by atoms with Crippen LogP contribution in [0.15, 0.2) is 79.1 Å². The van der Waals surface area contributed by atoms with Gasteiger partial charge >= 0.3 is 0 Å². The van der Waals surface area contributed by atoms with E-state index >= 15 is 0 Å². The highest BCUT2D eigenvalue weighted by atomic mass is 35.5. The number of halogens is 2. The third kappa shape index (κ3) is 5.72. The molecule has 216 valence electrons. The number of H-pyrrole nitrogens is 1. The van der Waals surface area contributed by atoms with Crippen molar-refractivity contribution in [3.05, 3.63) is 112 Å². The van der Waals surface area contributed by atoms with Gasteiger partial charge in [0.15, 0.2) is 0 Å². The Morgan fingerprint density at radius 3 is 2.60 bits per heavy atom. The molecule has 11 heteroatoms. The van der Waals surface area contributed by atoms with Crippen molar-refractivity contribution in [1.82, 2.24) is 25.3 Å². The number of carbonyl (C=O) groups excluding carboxylic acids is 1. The van der Waals surface area contributed by atoms with Crippen LogP contribution in [0.5, 0.6) is 0 Å². The number of nitrogens with zero attached hydrogens (tertiary/aromatic N) is 5. The zero-order valence-electron chi connectivity index (χ0n) is 23.3. The third-order valence-electron chi connectivity index (χ3n) is 7.61. The van der Waals surface area contributed by atoms with Crippen LogP contribution in [0.1, 0.15) is 58.2 Å². The number of carbonyl (C=O) groups is 1. The van der Waals surface area contributed by atoms with Crippen LogP contribution in [0.3, 0.4) is 0 Å². The summed E-state index contributed by atoms with van der Waals surface area (Å²) in [6.45, 7) is 2.27. The summed E-state index contributed by atoms with van der Waals surface area (Å²) in [5, 5.41) is 29.2. The molecular formula is C32H28ClFN8O. The van der Waals surface area contributed by atoms with Gasteiger partial charge in [0.2, 0.25) is 0 Å². The van der Waals surface area contributed by atoms with E-state index in [2.05, 4.69) is 56.2 Å². The maximum atomic E-state index is 13.4. The number of aromatic amines is 1. The quantitative estimate of drug-likeness (QED) is 0.179. The summed E-state index contributed by atoms with van der Waals surface area (Å²) in [5.74, 6) is -0.229. The highest BCUT2D eigenvalue weighted by molar-refractivity contribution is 6.32. The van der Waals surface area contributed by atoms with E-state index in [1.165, 1.54) is 4.90 Å². The SMILES string of the molecule is CC[C@@H](Nc1c(C#N)cnc2c(N[C@@H](c3cccc(C(=O)N4CC(F)C4)c3)c3cn[nH]n3)cc(Cl)cc12)c1ccccc1. The molecule has 1 amide bonds. The minimum absolute atomic E-state index is 0.0449. The second-order valence-electron chi connectivity index (χ2n) is 10.4. The number of fused-ring (bicyclic) bond motifs is 1. The fourth-order valence-electron chi connectivity index (χ4n) is 5.36. The van der Waals surface area contributed by atoms with Crippen molar-refractivity contribution in [2.45, 2.75) is 31.6 Å². The molecule has 1 aliphatic heterocycles. The summed E-state index contributed by atoms with van der Waals surface area (Å²) in [4.78, 5) is 19.1. The van der Waals surface area contributed by atoms with Crippen molar-refractivity contribution < 1.29 is 9.18 Å². The Labute approximate surface area is 252 Å². The lowest BCUT2D eigenvalue weighted by Crippen LogP contribution is -2.51. The minimum atomic E-state index is -0.985. The molecule has 3 N–H and O–H groups in total. The van der Waals surface area contributed by atoms with Crippen LogP contribution < -0.4 is 10.6 Å². The Kier molecular flexibility index (Phi) is 7.90. The summed E-state index contributed by atoms with van der Waals surface area (Å²) in [6, 6.07) is 22.4. The van der Waals surface area contributed by atoms with Crippen molar-refractivity contribution >= 4 is 39.8 Å². The predicted molar refractivity (Wildman–Crippen MR) is 164 cm³/mol. The molecule has 3 aromatic carbocycles. The first-order chi connectivity index (χ1) is 20.9. The number of benzene rings is 3. The lowest BCUT2D eigenvalue weighted by Gasteiger charge is -2.34. The maximum absolute atomic E-state index is 13.4. The van der Waals surface area contributed by atoms with Crippen LogP contribution in [0, 0.1) is 11.3 Å². The van der Waals surface area contributed by atoms with Gasteiger partial charge in [0.05, 0.1) is 53.8 Å². The molecular weight excluding hydrogens is 567 g/mol. The number of pyridine rings is 1. The lowest BCUT2D eigenvalue weighted by atomic mass is 9.99. The van der Waals surface area contributed by atoms with Crippen LogP contribution in [0.4, 0.5) is 15.8 Å². The molecule has 0 unspecified atom stereocenters. The summed E-state index contributed by atoms with van der Waals surface area (Å²) >= 11 is 6.68. The van der Waals surface area contributed by atoms with Crippen molar-refractivity contribution in [2.75, 3.05) is 23.7 Å². The minimum Gasteiger partial charge on any atom is -0.377 e. The molecule has 9 nitrogen and oxygen atoms in total. The van der Waals surface area contributed by atoms with Gasteiger partial charge < -0.3 is 15.5 Å². The van der Waals surface area contributed by atoms with Gasteiger partial charge in [0.1, 0.15) is 17.9 Å². The molecule has 0 saturated carbocycles. The fourth-order valence-corrected chi connectivity index (χ4v) is 5.57. The van der Waals surface area contributed by atoms with E-state index in [0.29, 0.717) is 44.1 Å². The number of aromatic nitrogens is 4. The highest BCUT2D eigenvalue weighted by Crippen LogP contribution is 2.38. The highest BCUT2D eigenvalue weighted by Gasteiger charge is 2.31. The van der Waals surface area contributed by atoms with Crippen LogP contribution in [-0.4, -0.2) is 50.5 Å². The van der Waals surface area contributed by atoms with Gasteiger partial charge in [0.25, 0.3) is 5.91 Å². The normalized spacial score (nSPS) is 14.5. The Morgan fingerprint density at radius 2 is 1.91 bits per heavy atom. The second kappa shape index (κ2) is 12.1. The number of nitrogens with one attached hydrogen (secondary N) is 3. The third-order valence-corrected chi connectivity index (χ3v) is 7.82. The van der Waals surface area contributed by atoms with Gasteiger partial charge in [-0.1, -0.05) is 61.0 Å². The number of amides is 1. The van der Waals surface area contributed by atoms with Crippen LogP contribution in [0.25, 0.3) is 10.9 Å². The Bertz CT molecular complexity index is 1800. The van der Waals surface area contributed by atoms with E-state index in [-0.39, 0.29) is 25.0 Å². The van der Waals surface area contributed by atoms with Crippen molar-refractivity contribution in [3.63, 3.8) is 0 Å². The van der Waals surface area contributed by atoms with Crippen LogP contribution in [0.2, 0.25) is 5.02 Å². The molecule has 43 heavy (non-hydrogen) atoms. The number of hydrogen-bond donors (Lipinski definition) is 3. The molecule has 0 bridgehead atoms. The van der Waals surface area contributed by atoms with Gasteiger partial charge in [-0.3, -0.25) is 9.78 Å². The molecule has 1 fully saturated rings. The standard InChI is InChI=1S/C32H28ClFN8O/c1-2-26(19-7-4-3-5-8-19)38-29-22(14-35)15-36-31-25(29)12-23(33)13-27(31)39-30(28-16-37-41-40-28)20-9-6-10-21(11-20)32(43)42-17-24(34)18-42/h3-13,15-16,24,26,30,39H,2,17-18H2,1H3,(H,36,38)(H,37,40,41)/t26-,30+/m1/s1. The summed E-state index contributed by atoms with van der Waals surface area (Å²) in [7, 11) is 0. The van der Waals surface area contributed by atoms with Gasteiger partial charge in [-0.2, -0.15) is 20.7 Å². The van der Waals surface area contributed by atoms with E-state index in [0.717, 1.165) is 17.5 Å². The molecule has 2 aromatic heterocycles. The monoisotopic (exact) mass is 594 g/mol. The predicted octanol–water partition coefficient (Wildman–Crippen LogP) is 6.44. The van der Waals surface area contributed by atoms with E-state index in [1.807, 2.05) is 24.3 Å². The Morgan fingerprint density at radius 1 is 1.12 bits per heavy atom. The smallest absolute Gasteiger partial charge is 0.254 e. The summed E-state index contributed by atoms with van der Waals surface area (Å²) < 4.78 is 13.4. The van der Waals surface area contributed by atoms with Gasteiger partial charge in [-0.05, 0) is 41.8 Å². The van der Waals surface area contributed by atoms with E-state index in [1.54, 1.807) is 42.7 Å². The average Bonchev–Trinajstić information content (AvgIpc) is 3.55. The first-order valence-corrected chi connectivity index (χ1v) is 14.3. The molecule has 1 saturated heterocycles. The second-order valence-corrected chi connectivity index (χ2v) is 10.9. The number of likely N-dealkylation sites (tertiary alicyclic amines) is 1. The van der Waals surface area contributed by atoms with E-state index < -0.39 is 12.2 Å². The van der Waals surface area contributed by atoms with E-state index in [4.69, 9.17) is 11.6 Å². The topological polar surface area (TPSA) is 123 Å². The number of alkyl halides is 1. The van der Waals surface area contributed by atoms with E-state index in [9.17, 15) is 14.4 Å².